The Morgan fingerprint density at radius 3 is 1.88 bits per heavy atom. The lowest BCUT2D eigenvalue weighted by molar-refractivity contribution is 0.0728. The number of allylic oxidation sites excluding steroid dienone is 1. The highest BCUT2D eigenvalue weighted by Crippen LogP contribution is 2.39. The molecule has 33 heavy (non-hydrogen) atoms. The molecule has 7 nitrogen and oxygen atoms in total. The minimum absolute atomic E-state index is 0.118. The number of ketones is 1. The van der Waals surface area contributed by atoms with Crippen molar-refractivity contribution in [3.05, 3.63) is 83.4 Å². The standard InChI is InChI=1S/C26H24O7/c1-29-22-14-17(10-12-20(27)18-8-6-5-7-9-18)11-13-21(22)33-26(28)19-15-23(30-2)25(32-4)24(16-19)31-3/h5-16H,1-4H3/b12-10+. The van der Waals surface area contributed by atoms with Gasteiger partial charge in [0.2, 0.25) is 5.75 Å². The molecule has 3 aromatic rings. The van der Waals surface area contributed by atoms with Gasteiger partial charge in [-0.05, 0) is 35.9 Å². The average molecular weight is 448 g/mol. The van der Waals surface area contributed by atoms with Gasteiger partial charge in [0, 0.05) is 5.56 Å². The van der Waals surface area contributed by atoms with Crippen molar-refractivity contribution in [2.75, 3.05) is 28.4 Å². The molecule has 0 bridgehead atoms. The van der Waals surface area contributed by atoms with Crippen molar-refractivity contribution in [1.29, 1.82) is 0 Å². The van der Waals surface area contributed by atoms with Gasteiger partial charge >= 0.3 is 5.97 Å². The van der Waals surface area contributed by atoms with Gasteiger partial charge in [0.05, 0.1) is 34.0 Å². The number of benzene rings is 3. The summed E-state index contributed by atoms with van der Waals surface area (Å²) in [6.45, 7) is 0. The van der Waals surface area contributed by atoms with E-state index < -0.39 is 5.97 Å². The maximum absolute atomic E-state index is 12.8. The van der Waals surface area contributed by atoms with Crippen molar-refractivity contribution in [1.82, 2.24) is 0 Å². The number of carbonyl (C=O) groups excluding carboxylic acids is 2. The van der Waals surface area contributed by atoms with E-state index in [-0.39, 0.29) is 17.1 Å². The Hall–Kier alpha value is -4.26. The molecule has 0 unspecified atom stereocenters. The number of ether oxygens (including phenoxy) is 5. The molecule has 3 rings (SSSR count). The minimum Gasteiger partial charge on any atom is -0.493 e. The smallest absolute Gasteiger partial charge is 0.343 e. The molecule has 0 N–H and O–H groups in total. The average Bonchev–Trinajstić information content (AvgIpc) is 2.87. The summed E-state index contributed by atoms with van der Waals surface area (Å²) in [5.74, 6) is 0.851. The van der Waals surface area contributed by atoms with Crippen molar-refractivity contribution in [3.8, 4) is 28.7 Å². The zero-order valence-electron chi connectivity index (χ0n) is 18.8. The zero-order valence-corrected chi connectivity index (χ0v) is 18.8. The summed E-state index contributed by atoms with van der Waals surface area (Å²) in [6, 6.07) is 17.0. The molecule has 0 saturated carbocycles. The lowest BCUT2D eigenvalue weighted by Gasteiger charge is -2.14. The maximum Gasteiger partial charge on any atom is 0.343 e. The van der Waals surface area contributed by atoms with Gasteiger partial charge in [0.1, 0.15) is 0 Å². The number of esters is 1. The first-order valence-corrected chi connectivity index (χ1v) is 9.98. The fraction of sp³-hybridized carbons (Fsp3) is 0.154. The number of hydrogen-bond donors (Lipinski definition) is 0. The van der Waals surface area contributed by atoms with E-state index in [1.54, 1.807) is 48.5 Å². The quantitative estimate of drug-likeness (QED) is 0.201. The highest BCUT2D eigenvalue weighted by atomic mass is 16.6. The molecule has 0 aliphatic rings. The van der Waals surface area contributed by atoms with Gasteiger partial charge < -0.3 is 23.7 Å². The molecular formula is C26H24O7. The SMILES string of the molecule is COc1cc(/C=C/C(=O)c2ccccc2)ccc1OC(=O)c1cc(OC)c(OC)c(OC)c1. The molecule has 0 aromatic heterocycles. The topological polar surface area (TPSA) is 80.3 Å². The summed E-state index contributed by atoms with van der Waals surface area (Å²) in [5.41, 5.74) is 1.52. The van der Waals surface area contributed by atoms with Crippen LogP contribution in [0.5, 0.6) is 28.7 Å². The predicted octanol–water partition coefficient (Wildman–Crippen LogP) is 4.84. The monoisotopic (exact) mass is 448 g/mol. The number of methoxy groups -OCH3 is 4. The predicted molar refractivity (Wildman–Crippen MR) is 124 cm³/mol. The molecule has 0 atom stereocenters. The van der Waals surface area contributed by atoms with E-state index in [4.69, 9.17) is 23.7 Å². The summed E-state index contributed by atoms with van der Waals surface area (Å²) in [6.07, 6.45) is 3.15. The third-order valence-electron chi connectivity index (χ3n) is 4.78. The Kier molecular flexibility index (Phi) is 7.70. The molecule has 170 valence electrons. The Bertz CT molecular complexity index is 1140. The van der Waals surface area contributed by atoms with E-state index in [1.165, 1.54) is 46.6 Å². The molecule has 0 saturated heterocycles. The lowest BCUT2D eigenvalue weighted by Crippen LogP contribution is -2.10. The van der Waals surface area contributed by atoms with Crippen LogP contribution in [-0.4, -0.2) is 40.2 Å². The van der Waals surface area contributed by atoms with Crippen LogP contribution in [0, 0.1) is 0 Å². The fourth-order valence-electron chi connectivity index (χ4n) is 3.10. The zero-order chi connectivity index (χ0) is 23.8. The second-order valence-corrected chi connectivity index (χ2v) is 6.78. The van der Waals surface area contributed by atoms with Crippen LogP contribution in [0.3, 0.4) is 0 Å². The molecule has 3 aromatic carbocycles. The van der Waals surface area contributed by atoms with Gasteiger partial charge in [0.15, 0.2) is 28.8 Å². The summed E-state index contributed by atoms with van der Waals surface area (Å²) in [7, 11) is 5.87. The first-order chi connectivity index (χ1) is 16.0. The maximum atomic E-state index is 12.8. The minimum atomic E-state index is -0.630. The Labute approximate surface area is 192 Å². The molecule has 0 aliphatic heterocycles. The van der Waals surface area contributed by atoms with E-state index in [0.717, 1.165) is 0 Å². The van der Waals surface area contributed by atoms with Gasteiger partial charge in [-0.3, -0.25) is 4.79 Å². The van der Waals surface area contributed by atoms with E-state index in [9.17, 15) is 9.59 Å². The van der Waals surface area contributed by atoms with E-state index in [2.05, 4.69) is 0 Å². The van der Waals surface area contributed by atoms with Crippen molar-refractivity contribution >= 4 is 17.8 Å². The third kappa shape index (κ3) is 5.51. The van der Waals surface area contributed by atoms with Gasteiger partial charge in [-0.25, -0.2) is 4.79 Å². The van der Waals surface area contributed by atoms with Gasteiger partial charge in [0.25, 0.3) is 0 Å². The largest absolute Gasteiger partial charge is 0.493 e. The Morgan fingerprint density at radius 2 is 1.30 bits per heavy atom. The van der Waals surface area contributed by atoms with Gasteiger partial charge in [-0.1, -0.05) is 42.5 Å². The summed E-state index contributed by atoms with van der Waals surface area (Å²) < 4.78 is 26.8. The second kappa shape index (κ2) is 10.9. The summed E-state index contributed by atoms with van der Waals surface area (Å²) in [4.78, 5) is 25.1. The third-order valence-corrected chi connectivity index (χ3v) is 4.78. The highest BCUT2D eigenvalue weighted by Gasteiger charge is 2.19. The highest BCUT2D eigenvalue weighted by molar-refractivity contribution is 6.06. The molecule has 0 heterocycles. The van der Waals surface area contributed by atoms with Crippen molar-refractivity contribution in [3.63, 3.8) is 0 Å². The van der Waals surface area contributed by atoms with Crippen LogP contribution in [-0.2, 0) is 0 Å². The Morgan fingerprint density at radius 1 is 0.667 bits per heavy atom. The summed E-state index contributed by atoms with van der Waals surface area (Å²) in [5, 5.41) is 0. The van der Waals surface area contributed by atoms with Crippen LogP contribution >= 0.6 is 0 Å². The molecule has 0 spiro atoms. The molecule has 7 heteroatoms. The molecule has 0 fully saturated rings. The lowest BCUT2D eigenvalue weighted by atomic mass is 10.1. The molecule has 0 amide bonds. The number of hydrogen-bond acceptors (Lipinski definition) is 7. The Balaban J connectivity index is 1.81. The van der Waals surface area contributed by atoms with Crippen LogP contribution in [0.4, 0.5) is 0 Å². The molecule has 0 aliphatic carbocycles. The number of carbonyl (C=O) groups is 2. The van der Waals surface area contributed by atoms with Crippen LogP contribution in [0.15, 0.2) is 66.7 Å². The first kappa shape index (κ1) is 23.4. The van der Waals surface area contributed by atoms with Crippen LogP contribution in [0.1, 0.15) is 26.3 Å². The van der Waals surface area contributed by atoms with Crippen molar-refractivity contribution in [2.45, 2.75) is 0 Å². The van der Waals surface area contributed by atoms with Crippen molar-refractivity contribution in [2.24, 2.45) is 0 Å². The second-order valence-electron chi connectivity index (χ2n) is 6.78. The van der Waals surface area contributed by atoms with Crippen LogP contribution < -0.4 is 23.7 Å². The normalized spacial score (nSPS) is 10.5. The first-order valence-electron chi connectivity index (χ1n) is 9.98. The van der Waals surface area contributed by atoms with E-state index >= 15 is 0 Å². The van der Waals surface area contributed by atoms with Crippen LogP contribution in [0.2, 0.25) is 0 Å². The van der Waals surface area contributed by atoms with Crippen LogP contribution in [0.25, 0.3) is 6.08 Å². The number of rotatable bonds is 9. The van der Waals surface area contributed by atoms with E-state index in [0.29, 0.717) is 34.1 Å². The molecular weight excluding hydrogens is 424 g/mol. The molecule has 0 radical (unpaired) electrons. The fourth-order valence-corrected chi connectivity index (χ4v) is 3.10. The van der Waals surface area contributed by atoms with E-state index in [1.807, 2.05) is 6.07 Å². The summed E-state index contributed by atoms with van der Waals surface area (Å²) >= 11 is 0. The van der Waals surface area contributed by atoms with Gasteiger partial charge in [-0.15, -0.1) is 0 Å². The van der Waals surface area contributed by atoms with Gasteiger partial charge in [-0.2, -0.15) is 0 Å². The van der Waals surface area contributed by atoms with Crippen molar-refractivity contribution < 1.29 is 33.3 Å².